The predicted octanol–water partition coefficient (Wildman–Crippen LogP) is 2.87. The van der Waals surface area contributed by atoms with Gasteiger partial charge in [0.05, 0.1) is 13.2 Å². The van der Waals surface area contributed by atoms with Crippen molar-refractivity contribution in [3.63, 3.8) is 0 Å². The Morgan fingerprint density at radius 1 is 0.913 bits per heavy atom. The summed E-state index contributed by atoms with van der Waals surface area (Å²) in [6.07, 6.45) is 4.40. The van der Waals surface area contributed by atoms with E-state index < -0.39 is 0 Å². The normalized spacial score (nSPS) is 12.0. The van der Waals surface area contributed by atoms with Crippen LogP contribution in [0.25, 0.3) is 0 Å². The highest BCUT2D eigenvalue weighted by Gasteiger charge is 2.12. The fourth-order valence-electron chi connectivity index (χ4n) is 1.88. The Labute approximate surface area is 139 Å². The summed E-state index contributed by atoms with van der Waals surface area (Å²) in [5.74, 6) is -0.439. The molecule has 0 bridgehead atoms. The lowest BCUT2D eigenvalue weighted by atomic mass is 10.2. The van der Waals surface area contributed by atoms with Crippen LogP contribution in [0.2, 0.25) is 0 Å². The lowest BCUT2D eigenvalue weighted by Crippen LogP contribution is -2.23. The highest BCUT2D eigenvalue weighted by Crippen LogP contribution is 2.05. The van der Waals surface area contributed by atoms with Crippen LogP contribution in [0.15, 0.2) is 0 Å². The number of rotatable bonds is 15. The Balaban J connectivity index is 3.53. The summed E-state index contributed by atoms with van der Waals surface area (Å²) < 4.78 is 21.2. The molecule has 136 valence electrons. The van der Waals surface area contributed by atoms with Gasteiger partial charge in [-0.3, -0.25) is 9.59 Å². The lowest BCUT2D eigenvalue weighted by molar-refractivity contribution is -0.150. The third-order valence-corrected chi connectivity index (χ3v) is 3.03. The molecule has 0 amide bonds. The van der Waals surface area contributed by atoms with Crippen LogP contribution in [0.3, 0.4) is 0 Å². The van der Waals surface area contributed by atoms with Crippen molar-refractivity contribution in [3.8, 4) is 0 Å². The molecule has 0 saturated carbocycles. The van der Waals surface area contributed by atoms with Crippen LogP contribution >= 0.6 is 0 Å². The van der Waals surface area contributed by atoms with Gasteiger partial charge in [0.2, 0.25) is 0 Å². The molecule has 0 aromatic carbocycles. The maximum atomic E-state index is 11.0. The number of ether oxygens (including phenoxy) is 4. The first-order valence-corrected chi connectivity index (χ1v) is 8.58. The van der Waals surface area contributed by atoms with Gasteiger partial charge in [-0.15, -0.1) is 0 Å². The van der Waals surface area contributed by atoms with Crippen LogP contribution in [0.1, 0.15) is 59.3 Å². The van der Waals surface area contributed by atoms with E-state index in [0.29, 0.717) is 39.5 Å². The van der Waals surface area contributed by atoms with Crippen molar-refractivity contribution in [2.24, 2.45) is 0 Å². The molecule has 0 saturated heterocycles. The average molecular weight is 332 g/mol. The summed E-state index contributed by atoms with van der Waals surface area (Å²) in [5.41, 5.74) is 0. The zero-order chi connectivity index (χ0) is 17.3. The maximum Gasteiger partial charge on any atom is 0.305 e. The van der Waals surface area contributed by atoms with Gasteiger partial charge in [-0.05, 0) is 32.1 Å². The van der Waals surface area contributed by atoms with Crippen LogP contribution in [0, 0.1) is 0 Å². The lowest BCUT2D eigenvalue weighted by Gasteiger charge is -2.17. The van der Waals surface area contributed by atoms with Crippen LogP contribution < -0.4 is 0 Å². The van der Waals surface area contributed by atoms with Gasteiger partial charge in [0.1, 0.15) is 6.10 Å². The zero-order valence-corrected chi connectivity index (χ0v) is 14.8. The minimum atomic E-state index is -0.280. The van der Waals surface area contributed by atoms with E-state index >= 15 is 0 Å². The highest BCUT2D eigenvalue weighted by molar-refractivity contribution is 5.68. The highest BCUT2D eigenvalue weighted by atomic mass is 16.6. The van der Waals surface area contributed by atoms with E-state index in [0.717, 1.165) is 32.1 Å². The Bertz CT molecular complexity index is 305. The summed E-state index contributed by atoms with van der Waals surface area (Å²) in [6.45, 7) is 8.08. The van der Waals surface area contributed by atoms with Gasteiger partial charge < -0.3 is 18.9 Å². The van der Waals surface area contributed by atoms with Gasteiger partial charge in [-0.2, -0.15) is 0 Å². The molecule has 0 N–H and O–H groups in total. The molecular weight excluding hydrogens is 300 g/mol. The molecule has 0 radical (unpaired) electrons. The van der Waals surface area contributed by atoms with Crippen molar-refractivity contribution < 1.29 is 28.5 Å². The third-order valence-electron chi connectivity index (χ3n) is 3.03. The zero-order valence-electron chi connectivity index (χ0n) is 14.8. The topological polar surface area (TPSA) is 71.1 Å². The van der Waals surface area contributed by atoms with Gasteiger partial charge in [-0.1, -0.05) is 13.8 Å². The average Bonchev–Trinajstić information content (AvgIpc) is 2.52. The summed E-state index contributed by atoms with van der Waals surface area (Å²) >= 11 is 0. The van der Waals surface area contributed by atoms with Gasteiger partial charge >= 0.3 is 11.9 Å². The minimum absolute atomic E-state index is 0.160. The predicted molar refractivity (Wildman–Crippen MR) is 87.2 cm³/mol. The van der Waals surface area contributed by atoms with Crippen molar-refractivity contribution >= 4 is 11.9 Å². The van der Waals surface area contributed by atoms with E-state index in [4.69, 9.17) is 18.9 Å². The van der Waals surface area contributed by atoms with Gasteiger partial charge in [0.25, 0.3) is 0 Å². The van der Waals surface area contributed by atoms with Crippen molar-refractivity contribution in [1.29, 1.82) is 0 Å². The van der Waals surface area contributed by atoms with E-state index in [1.165, 1.54) is 6.92 Å². The Morgan fingerprint density at radius 2 is 1.61 bits per heavy atom. The molecule has 0 aliphatic rings. The van der Waals surface area contributed by atoms with E-state index in [9.17, 15) is 9.59 Å². The van der Waals surface area contributed by atoms with E-state index in [-0.39, 0.29) is 18.0 Å². The molecule has 0 aromatic heterocycles. The molecule has 23 heavy (non-hydrogen) atoms. The van der Waals surface area contributed by atoms with E-state index in [2.05, 4.69) is 0 Å². The molecule has 0 aliphatic carbocycles. The molecule has 0 aliphatic heterocycles. The fourth-order valence-corrected chi connectivity index (χ4v) is 1.88. The molecule has 6 nitrogen and oxygen atoms in total. The Kier molecular flexibility index (Phi) is 15.0. The molecule has 0 rings (SSSR count). The molecule has 1 unspecified atom stereocenters. The van der Waals surface area contributed by atoms with Crippen LogP contribution in [-0.4, -0.2) is 51.1 Å². The molecule has 1 atom stereocenters. The molecule has 0 aromatic rings. The SMILES string of the molecule is CCCOCC(CCCOCCCCOC(=O)CC)OC(C)=O. The Hall–Kier alpha value is -1.14. The molecule has 0 spiro atoms. The first-order chi connectivity index (χ1) is 11.1. The number of unbranched alkanes of at least 4 members (excludes halogenated alkanes) is 1. The molecule has 6 heteroatoms. The van der Waals surface area contributed by atoms with Gasteiger partial charge in [0.15, 0.2) is 0 Å². The van der Waals surface area contributed by atoms with Crippen LogP contribution in [0.4, 0.5) is 0 Å². The number of carbonyl (C=O) groups is 2. The Morgan fingerprint density at radius 3 is 2.26 bits per heavy atom. The van der Waals surface area contributed by atoms with E-state index in [1.807, 2.05) is 6.92 Å². The molecular formula is C17H32O6. The van der Waals surface area contributed by atoms with E-state index in [1.54, 1.807) is 6.92 Å². The monoisotopic (exact) mass is 332 g/mol. The van der Waals surface area contributed by atoms with Gasteiger partial charge in [-0.25, -0.2) is 0 Å². The molecule has 0 fully saturated rings. The number of hydrogen-bond acceptors (Lipinski definition) is 6. The first kappa shape index (κ1) is 21.9. The second-order valence-electron chi connectivity index (χ2n) is 5.34. The quantitative estimate of drug-likeness (QED) is 0.339. The summed E-state index contributed by atoms with van der Waals surface area (Å²) in [6, 6.07) is 0. The van der Waals surface area contributed by atoms with Crippen LogP contribution in [-0.2, 0) is 28.5 Å². The first-order valence-electron chi connectivity index (χ1n) is 8.58. The second-order valence-corrected chi connectivity index (χ2v) is 5.34. The van der Waals surface area contributed by atoms with Crippen molar-refractivity contribution in [2.45, 2.75) is 65.4 Å². The fraction of sp³-hybridized carbons (Fsp3) is 0.882. The van der Waals surface area contributed by atoms with Crippen LogP contribution in [0.5, 0.6) is 0 Å². The molecule has 0 heterocycles. The van der Waals surface area contributed by atoms with Crippen molar-refractivity contribution in [1.82, 2.24) is 0 Å². The van der Waals surface area contributed by atoms with Crippen molar-refractivity contribution in [2.75, 3.05) is 33.0 Å². The number of hydrogen-bond donors (Lipinski definition) is 0. The number of esters is 2. The number of carbonyl (C=O) groups excluding carboxylic acids is 2. The van der Waals surface area contributed by atoms with Gasteiger partial charge in [0, 0.05) is 33.2 Å². The third kappa shape index (κ3) is 15.5. The summed E-state index contributed by atoms with van der Waals surface area (Å²) in [4.78, 5) is 22.0. The largest absolute Gasteiger partial charge is 0.466 e. The summed E-state index contributed by atoms with van der Waals surface area (Å²) in [5, 5.41) is 0. The summed E-state index contributed by atoms with van der Waals surface area (Å²) in [7, 11) is 0. The smallest absolute Gasteiger partial charge is 0.305 e. The van der Waals surface area contributed by atoms with Crippen molar-refractivity contribution in [3.05, 3.63) is 0 Å². The maximum absolute atomic E-state index is 11.0. The second kappa shape index (κ2) is 15.7. The minimum Gasteiger partial charge on any atom is -0.466 e. The standard InChI is InChI=1S/C17H32O6/c1-4-10-21-14-16(23-15(3)18)9-8-12-20-11-6-7-13-22-17(19)5-2/h16H,4-14H2,1-3H3.